The lowest BCUT2D eigenvalue weighted by Gasteiger charge is -2.24. The monoisotopic (exact) mass is 361 g/mol. The number of fused-ring (bicyclic) bond motifs is 8. The minimum atomic E-state index is 0.241. The second-order valence-electron chi connectivity index (χ2n) is 8.71. The molecule has 28 heavy (non-hydrogen) atoms. The zero-order valence-electron chi connectivity index (χ0n) is 16.3. The van der Waals surface area contributed by atoms with Crippen molar-refractivity contribution in [3.05, 3.63) is 90.0 Å². The highest BCUT2D eigenvalue weighted by molar-refractivity contribution is 6.16. The molecule has 3 atom stereocenters. The number of hydrogen-bond donors (Lipinski definition) is 0. The van der Waals surface area contributed by atoms with Crippen molar-refractivity contribution in [3.8, 4) is 0 Å². The van der Waals surface area contributed by atoms with Gasteiger partial charge in [-0.05, 0) is 52.0 Å². The van der Waals surface area contributed by atoms with E-state index in [2.05, 4.69) is 92.7 Å². The van der Waals surface area contributed by atoms with Gasteiger partial charge in [-0.1, -0.05) is 85.8 Å². The van der Waals surface area contributed by atoms with Gasteiger partial charge in [0.25, 0.3) is 0 Å². The third kappa shape index (κ3) is 2.05. The molecule has 1 nitrogen and oxygen atoms in total. The van der Waals surface area contributed by atoms with Crippen LogP contribution in [0, 0.1) is 5.41 Å². The smallest absolute Gasteiger partial charge is 0.0748 e. The average Bonchev–Trinajstić information content (AvgIpc) is 3.41. The van der Waals surface area contributed by atoms with Crippen LogP contribution in [0.5, 0.6) is 0 Å². The minimum Gasteiger partial charge on any atom is -0.256 e. The van der Waals surface area contributed by atoms with E-state index in [1.807, 2.05) is 0 Å². The van der Waals surface area contributed by atoms with Gasteiger partial charge in [0, 0.05) is 17.0 Å². The summed E-state index contributed by atoms with van der Waals surface area (Å²) in [6.07, 6.45) is 1.23. The first kappa shape index (κ1) is 16.1. The normalized spacial score (nSPS) is 25.7. The lowest BCUT2D eigenvalue weighted by atomic mass is 9.79. The molecular weight excluding hydrogens is 338 g/mol. The summed E-state index contributed by atoms with van der Waals surface area (Å²) in [7, 11) is 0. The van der Waals surface area contributed by atoms with Crippen LogP contribution in [-0.4, -0.2) is 5.71 Å². The van der Waals surface area contributed by atoms with E-state index in [9.17, 15) is 0 Å². The Morgan fingerprint density at radius 1 is 0.750 bits per heavy atom. The van der Waals surface area contributed by atoms with Crippen molar-refractivity contribution in [3.63, 3.8) is 0 Å². The molecule has 0 saturated heterocycles. The quantitative estimate of drug-likeness (QED) is 0.314. The number of nitrogens with zero attached hydrogens (tertiary/aromatic N) is 1. The van der Waals surface area contributed by atoms with Crippen LogP contribution in [0.4, 0.5) is 5.69 Å². The highest BCUT2D eigenvalue weighted by Gasteiger charge is 2.59. The van der Waals surface area contributed by atoms with Gasteiger partial charge in [0.1, 0.15) is 0 Å². The molecule has 2 unspecified atom stereocenters. The van der Waals surface area contributed by atoms with Crippen LogP contribution < -0.4 is 0 Å². The van der Waals surface area contributed by atoms with Gasteiger partial charge in [0.05, 0.1) is 5.69 Å². The van der Waals surface area contributed by atoms with Crippen LogP contribution in [0.25, 0.3) is 21.5 Å². The zero-order valence-corrected chi connectivity index (χ0v) is 16.3. The Bertz CT molecular complexity index is 1270. The van der Waals surface area contributed by atoms with E-state index in [1.165, 1.54) is 50.5 Å². The minimum absolute atomic E-state index is 0.241. The van der Waals surface area contributed by atoms with E-state index in [0.717, 1.165) is 0 Å². The number of benzene rings is 4. The first-order chi connectivity index (χ1) is 13.7. The second-order valence-corrected chi connectivity index (χ2v) is 8.71. The van der Waals surface area contributed by atoms with Crippen molar-refractivity contribution < 1.29 is 0 Å². The van der Waals surface area contributed by atoms with E-state index >= 15 is 0 Å². The lowest BCUT2D eigenvalue weighted by molar-refractivity contribution is 0.511. The maximum absolute atomic E-state index is 5.32. The van der Waals surface area contributed by atoms with Gasteiger partial charge >= 0.3 is 0 Å². The molecular formula is C27H23N. The first-order valence-corrected chi connectivity index (χ1v) is 10.2. The Labute approximate surface area is 165 Å². The molecule has 6 rings (SSSR count). The highest BCUT2D eigenvalue weighted by Crippen LogP contribution is 2.70. The molecule has 0 spiro atoms. The highest BCUT2D eigenvalue weighted by atomic mass is 14.8. The van der Waals surface area contributed by atoms with Gasteiger partial charge < -0.3 is 0 Å². The fraction of sp³-hybridized carbons (Fsp3) is 0.222. The molecule has 0 N–H and O–H groups in total. The predicted octanol–water partition coefficient (Wildman–Crippen LogP) is 7.38. The fourth-order valence-electron chi connectivity index (χ4n) is 5.74. The van der Waals surface area contributed by atoms with E-state index in [0.29, 0.717) is 11.8 Å². The predicted molar refractivity (Wildman–Crippen MR) is 119 cm³/mol. The molecule has 0 amide bonds. The van der Waals surface area contributed by atoms with E-state index in [4.69, 9.17) is 4.99 Å². The summed E-state index contributed by atoms with van der Waals surface area (Å²) in [5.41, 5.74) is 5.56. The van der Waals surface area contributed by atoms with E-state index in [1.54, 1.807) is 0 Å². The topological polar surface area (TPSA) is 12.4 Å². The van der Waals surface area contributed by atoms with Crippen LogP contribution in [0.1, 0.15) is 43.2 Å². The van der Waals surface area contributed by atoms with Crippen LogP contribution >= 0.6 is 0 Å². The molecule has 2 aliphatic rings. The SMILES string of the molecule is CC1=Nc2c(c3ccccc3c3ccccc23)C2C[C@]2(C)C1c1ccccc1. The summed E-state index contributed by atoms with van der Waals surface area (Å²) in [4.78, 5) is 5.32. The molecule has 136 valence electrons. The van der Waals surface area contributed by atoms with Crippen molar-refractivity contribution in [2.24, 2.45) is 10.4 Å². The first-order valence-electron chi connectivity index (χ1n) is 10.2. The van der Waals surface area contributed by atoms with Crippen LogP contribution in [0.2, 0.25) is 0 Å². The molecule has 0 radical (unpaired) electrons. The standard InChI is InChI=1S/C27H23N/c1-17-25(18-10-4-3-5-11-18)27(2)16-23(27)24-21-14-8-6-12-19(21)20-13-7-9-15-22(20)26(24)28-17/h3-15,23,25H,16H2,1-2H3/t23?,25?,27-/m0/s1. The van der Waals surface area contributed by atoms with Gasteiger partial charge in [-0.15, -0.1) is 0 Å². The van der Waals surface area contributed by atoms with Crippen molar-refractivity contribution in [1.82, 2.24) is 0 Å². The van der Waals surface area contributed by atoms with Crippen molar-refractivity contribution >= 4 is 32.9 Å². The summed E-state index contributed by atoms with van der Waals surface area (Å²) in [6, 6.07) is 28.7. The zero-order chi connectivity index (χ0) is 18.9. The third-order valence-corrected chi connectivity index (χ3v) is 7.07. The van der Waals surface area contributed by atoms with E-state index in [-0.39, 0.29) is 5.41 Å². The lowest BCUT2D eigenvalue weighted by Crippen LogP contribution is -2.19. The summed E-state index contributed by atoms with van der Waals surface area (Å²) in [5, 5.41) is 5.35. The summed E-state index contributed by atoms with van der Waals surface area (Å²) in [5.74, 6) is 0.937. The van der Waals surface area contributed by atoms with Gasteiger partial charge in [-0.25, -0.2) is 0 Å². The summed E-state index contributed by atoms with van der Waals surface area (Å²) >= 11 is 0. The van der Waals surface area contributed by atoms with Crippen LogP contribution in [-0.2, 0) is 0 Å². The Balaban J connectivity index is 1.72. The Morgan fingerprint density at radius 2 is 1.32 bits per heavy atom. The maximum atomic E-state index is 5.32. The second kappa shape index (κ2) is 5.54. The average molecular weight is 361 g/mol. The van der Waals surface area contributed by atoms with Gasteiger partial charge in [-0.3, -0.25) is 4.99 Å². The third-order valence-electron chi connectivity index (χ3n) is 7.07. The maximum Gasteiger partial charge on any atom is 0.0748 e. The van der Waals surface area contributed by atoms with Gasteiger partial charge in [0.2, 0.25) is 0 Å². The summed E-state index contributed by atoms with van der Waals surface area (Å²) in [6.45, 7) is 4.70. The molecule has 1 aliphatic heterocycles. The van der Waals surface area contributed by atoms with Crippen LogP contribution in [0.3, 0.4) is 0 Å². The van der Waals surface area contributed by atoms with Gasteiger partial charge in [0.15, 0.2) is 0 Å². The van der Waals surface area contributed by atoms with Crippen LogP contribution in [0.15, 0.2) is 83.9 Å². The molecule has 4 aromatic rings. The van der Waals surface area contributed by atoms with Crippen molar-refractivity contribution in [2.75, 3.05) is 0 Å². The Kier molecular flexibility index (Phi) is 3.18. The summed E-state index contributed by atoms with van der Waals surface area (Å²) < 4.78 is 0. The largest absolute Gasteiger partial charge is 0.256 e. The number of rotatable bonds is 1. The molecule has 4 aromatic carbocycles. The molecule has 1 aliphatic carbocycles. The molecule has 1 heterocycles. The number of aliphatic imine (C=N–C) groups is 1. The molecule has 1 saturated carbocycles. The Morgan fingerprint density at radius 3 is 2.04 bits per heavy atom. The fourth-order valence-corrected chi connectivity index (χ4v) is 5.74. The molecule has 1 fully saturated rings. The van der Waals surface area contributed by atoms with E-state index < -0.39 is 0 Å². The number of hydrogen-bond acceptors (Lipinski definition) is 1. The van der Waals surface area contributed by atoms with Gasteiger partial charge in [-0.2, -0.15) is 0 Å². The Hall–Kier alpha value is -2.93. The van der Waals surface area contributed by atoms with Crippen molar-refractivity contribution in [1.29, 1.82) is 0 Å². The molecule has 0 aromatic heterocycles. The van der Waals surface area contributed by atoms with Crippen molar-refractivity contribution in [2.45, 2.75) is 32.1 Å². The molecule has 0 bridgehead atoms. The molecule has 1 heteroatoms.